The van der Waals surface area contributed by atoms with E-state index in [4.69, 9.17) is 11.6 Å². The number of nitrogens with one attached hydrogen (secondary N) is 3. The zero-order valence-electron chi connectivity index (χ0n) is 22.7. The Labute approximate surface area is 257 Å². The molecule has 6 rings (SSSR count). The Kier molecular flexibility index (Phi) is 8.66. The third kappa shape index (κ3) is 6.41. The van der Waals surface area contributed by atoms with Crippen molar-refractivity contribution in [1.29, 1.82) is 0 Å². The zero-order chi connectivity index (χ0) is 29.3. The molecule has 3 N–H and O–H groups in total. The van der Waals surface area contributed by atoms with Crippen molar-refractivity contribution >= 4 is 67.1 Å². The molecule has 4 aromatic rings. The van der Waals surface area contributed by atoms with Crippen LogP contribution in [-0.2, 0) is 26.2 Å². The van der Waals surface area contributed by atoms with Gasteiger partial charge in [-0.15, -0.1) is 22.7 Å². The van der Waals surface area contributed by atoms with Crippen molar-refractivity contribution in [3.8, 4) is 9.75 Å². The summed E-state index contributed by atoms with van der Waals surface area (Å²) in [7, 11) is -3.91. The number of hydrogen-bond acceptors (Lipinski definition) is 8. The van der Waals surface area contributed by atoms with Crippen LogP contribution in [-0.4, -0.2) is 78.3 Å². The maximum Gasteiger partial charge on any atom is 0.250 e. The van der Waals surface area contributed by atoms with Gasteiger partial charge in [0, 0.05) is 35.4 Å². The predicted octanol–water partition coefficient (Wildman–Crippen LogP) is 4.06. The van der Waals surface area contributed by atoms with Crippen LogP contribution in [0.2, 0.25) is 4.34 Å². The van der Waals surface area contributed by atoms with Crippen LogP contribution in [0.1, 0.15) is 31.5 Å². The van der Waals surface area contributed by atoms with Crippen molar-refractivity contribution in [3.63, 3.8) is 0 Å². The van der Waals surface area contributed by atoms with Crippen LogP contribution in [0, 0.1) is 0 Å². The lowest BCUT2D eigenvalue weighted by molar-refractivity contribution is -0.143. The van der Waals surface area contributed by atoms with Crippen LogP contribution in [0.15, 0.2) is 52.7 Å². The minimum absolute atomic E-state index is 0.0299. The van der Waals surface area contributed by atoms with E-state index in [0.29, 0.717) is 43.4 Å². The fourth-order valence-electron chi connectivity index (χ4n) is 5.57. The van der Waals surface area contributed by atoms with Crippen LogP contribution in [0.3, 0.4) is 0 Å². The minimum atomic E-state index is -3.91. The summed E-state index contributed by atoms with van der Waals surface area (Å²) in [5.74, 6) is 0.366. The van der Waals surface area contributed by atoms with Gasteiger partial charge in [0.2, 0.25) is 11.8 Å². The van der Waals surface area contributed by atoms with E-state index in [1.165, 1.54) is 16.2 Å². The zero-order valence-corrected chi connectivity index (χ0v) is 25.9. The van der Waals surface area contributed by atoms with E-state index < -0.39 is 16.1 Å². The Morgan fingerprint density at radius 3 is 2.64 bits per heavy atom. The lowest BCUT2D eigenvalue weighted by Gasteiger charge is -2.34. The molecule has 0 spiro atoms. The van der Waals surface area contributed by atoms with E-state index in [-0.39, 0.29) is 28.6 Å². The number of carbonyl (C=O) groups excluding carboxylic acids is 2. The second kappa shape index (κ2) is 12.4. The highest BCUT2D eigenvalue weighted by atomic mass is 35.5. The second-order valence-electron chi connectivity index (χ2n) is 10.5. The molecule has 0 radical (unpaired) electrons. The number of para-hydroxylation sites is 2. The van der Waals surface area contributed by atoms with Gasteiger partial charge in [0.1, 0.15) is 16.1 Å². The average Bonchev–Trinajstić information content (AvgIpc) is 3.77. The molecule has 2 atom stereocenters. The molecule has 2 saturated heterocycles. The minimum Gasteiger partial charge on any atom is -0.341 e. The van der Waals surface area contributed by atoms with Crippen molar-refractivity contribution in [2.45, 2.75) is 48.5 Å². The molecule has 0 saturated carbocycles. The number of benzene rings is 1. The third-order valence-corrected chi connectivity index (χ3v) is 12.1. The van der Waals surface area contributed by atoms with Crippen LogP contribution in [0.25, 0.3) is 20.8 Å². The van der Waals surface area contributed by atoms with Crippen molar-refractivity contribution in [3.05, 3.63) is 58.7 Å². The molecule has 2 aliphatic rings. The summed E-state index contributed by atoms with van der Waals surface area (Å²) in [6.45, 7) is 2.20. The van der Waals surface area contributed by atoms with Gasteiger partial charge in [0.15, 0.2) is 0 Å². The summed E-state index contributed by atoms with van der Waals surface area (Å²) in [5.41, 5.74) is 1.91. The number of H-pyrrole nitrogens is 1. The third-order valence-electron chi connectivity index (χ3n) is 7.62. The first-order chi connectivity index (χ1) is 20.3. The van der Waals surface area contributed by atoms with E-state index in [2.05, 4.69) is 20.0 Å². The van der Waals surface area contributed by atoms with E-state index in [1.54, 1.807) is 18.2 Å². The molecule has 2 aliphatic heterocycles. The number of carbonyl (C=O) groups is 2. The Bertz CT molecular complexity index is 1670. The van der Waals surface area contributed by atoms with E-state index >= 15 is 0 Å². The van der Waals surface area contributed by atoms with Crippen molar-refractivity contribution in [2.75, 3.05) is 26.2 Å². The number of halogens is 1. The van der Waals surface area contributed by atoms with Crippen molar-refractivity contribution < 1.29 is 18.0 Å². The molecule has 10 nitrogen and oxygen atoms in total. The summed E-state index contributed by atoms with van der Waals surface area (Å²) >= 11 is 8.54. The molecule has 0 bridgehead atoms. The fraction of sp³-hybridized carbons (Fsp3) is 0.393. The first-order valence-corrected chi connectivity index (χ1v) is 17.4. The number of aromatic nitrogens is 2. The summed E-state index contributed by atoms with van der Waals surface area (Å²) < 4.78 is 29.7. The van der Waals surface area contributed by atoms with Gasteiger partial charge in [0.05, 0.1) is 28.5 Å². The van der Waals surface area contributed by atoms with Gasteiger partial charge < -0.3 is 20.1 Å². The normalized spacial score (nSPS) is 19.7. The number of piperidine rings is 1. The van der Waals surface area contributed by atoms with Gasteiger partial charge in [-0.05, 0) is 62.1 Å². The molecule has 14 heteroatoms. The number of fused-ring (bicyclic) bond motifs is 1. The molecule has 3 aromatic heterocycles. The highest BCUT2D eigenvalue weighted by Crippen LogP contribution is 2.37. The number of rotatable bonds is 10. The Hall–Kier alpha value is -2.81. The molecule has 0 unspecified atom stereocenters. The van der Waals surface area contributed by atoms with E-state index in [0.717, 1.165) is 50.8 Å². The molecular formula is C28H31ClN6O4S3. The quantitative estimate of drug-likeness (QED) is 0.239. The SMILES string of the molecule is O=C1[C@@H](NS(=O)(=O)c2ccc(-c3ccc(Cl)s3)s2)CCCN1CC(=O)N1CCC[C@H]1CNCc1nc2ccccc2[nH]1. The predicted molar refractivity (Wildman–Crippen MR) is 165 cm³/mol. The van der Waals surface area contributed by atoms with E-state index in [1.807, 2.05) is 35.2 Å². The summed E-state index contributed by atoms with van der Waals surface area (Å²) in [5, 5.41) is 3.41. The number of nitrogens with zero attached hydrogens (tertiary/aromatic N) is 3. The van der Waals surface area contributed by atoms with Gasteiger partial charge in [-0.2, -0.15) is 4.72 Å². The standard InChI is InChI=1S/C28H31ClN6O4S3/c29-24-11-9-22(40-24)23-10-12-27(41-23)42(38,39)33-21-8-4-13-34(28(21)37)17-26(36)35-14-3-5-18(35)15-30-16-25-31-19-6-1-2-7-20(19)32-25/h1-2,6-7,9-12,18,21,30,33H,3-5,8,13-17H2,(H,31,32)/t18-,21-/m0/s1. The number of sulfonamides is 1. The maximum atomic E-state index is 13.3. The molecular weight excluding hydrogens is 616 g/mol. The van der Waals surface area contributed by atoms with Gasteiger partial charge in [0.25, 0.3) is 10.0 Å². The maximum absolute atomic E-state index is 13.3. The van der Waals surface area contributed by atoms with Crippen LogP contribution in [0.4, 0.5) is 0 Å². The highest BCUT2D eigenvalue weighted by Gasteiger charge is 2.36. The van der Waals surface area contributed by atoms with Gasteiger partial charge >= 0.3 is 0 Å². The van der Waals surface area contributed by atoms with Gasteiger partial charge in [-0.3, -0.25) is 9.59 Å². The molecule has 2 amide bonds. The molecule has 222 valence electrons. The molecule has 42 heavy (non-hydrogen) atoms. The van der Waals surface area contributed by atoms with Crippen LogP contribution < -0.4 is 10.0 Å². The van der Waals surface area contributed by atoms with Gasteiger partial charge in [-0.1, -0.05) is 23.7 Å². The topological polar surface area (TPSA) is 128 Å². The lowest BCUT2D eigenvalue weighted by atomic mass is 10.1. The van der Waals surface area contributed by atoms with Gasteiger partial charge in [-0.25, -0.2) is 13.4 Å². The Morgan fingerprint density at radius 2 is 1.83 bits per heavy atom. The Balaban J connectivity index is 1.03. The first-order valence-electron chi connectivity index (χ1n) is 13.9. The molecule has 0 aliphatic carbocycles. The highest BCUT2D eigenvalue weighted by molar-refractivity contribution is 7.91. The smallest absolute Gasteiger partial charge is 0.250 e. The van der Waals surface area contributed by atoms with E-state index in [9.17, 15) is 18.0 Å². The summed E-state index contributed by atoms with van der Waals surface area (Å²) in [4.78, 5) is 39.5. The number of thiophene rings is 2. The largest absolute Gasteiger partial charge is 0.341 e. The van der Waals surface area contributed by atoms with Crippen LogP contribution in [0.5, 0.6) is 0 Å². The molecule has 2 fully saturated rings. The number of amides is 2. The molecule has 5 heterocycles. The number of hydrogen-bond donors (Lipinski definition) is 3. The summed E-state index contributed by atoms with van der Waals surface area (Å²) in [6.07, 6.45) is 2.78. The first kappa shape index (κ1) is 29.3. The summed E-state index contributed by atoms with van der Waals surface area (Å²) in [6, 6.07) is 13.9. The lowest BCUT2D eigenvalue weighted by Crippen LogP contribution is -2.55. The monoisotopic (exact) mass is 646 g/mol. The van der Waals surface area contributed by atoms with Crippen LogP contribution >= 0.6 is 34.3 Å². The number of imidazole rings is 1. The molecule has 1 aromatic carbocycles. The van der Waals surface area contributed by atoms with Crippen molar-refractivity contribution in [2.24, 2.45) is 0 Å². The Morgan fingerprint density at radius 1 is 1.05 bits per heavy atom. The fourth-order valence-corrected chi connectivity index (χ4v) is 9.25. The second-order valence-corrected chi connectivity index (χ2v) is 15.3. The average molecular weight is 647 g/mol. The number of aromatic amines is 1. The van der Waals surface area contributed by atoms with Crippen molar-refractivity contribution in [1.82, 2.24) is 29.8 Å². The number of likely N-dealkylation sites (tertiary alicyclic amines) is 2.